The third-order valence-corrected chi connectivity index (χ3v) is 5.57. The summed E-state index contributed by atoms with van der Waals surface area (Å²) in [5.41, 5.74) is 4.28. The van der Waals surface area contributed by atoms with Crippen LogP contribution in [0.1, 0.15) is 15.5 Å². The molecule has 0 spiro atoms. The molecule has 2 N–H and O–H groups in total. The Labute approximate surface area is 180 Å². The Hall–Kier alpha value is -4.00. The SMILES string of the molecule is O=C(Cn1c(C(F)(F)F)nc2ccccc21)NNC(=O)c1cc2cc([N+](=O)[O-])ccc2s1. The number of carbonyl (C=O) groups is 2. The Bertz CT molecular complexity index is 1380. The Morgan fingerprint density at radius 3 is 2.59 bits per heavy atom. The van der Waals surface area contributed by atoms with Gasteiger partial charge < -0.3 is 4.57 Å². The van der Waals surface area contributed by atoms with Gasteiger partial charge in [0.2, 0.25) is 5.82 Å². The molecule has 4 aromatic rings. The zero-order chi connectivity index (χ0) is 23.0. The van der Waals surface area contributed by atoms with Gasteiger partial charge in [-0.15, -0.1) is 11.3 Å². The molecule has 13 heteroatoms. The van der Waals surface area contributed by atoms with Gasteiger partial charge in [-0.25, -0.2) is 4.98 Å². The second kappa shape index (κ2) is 7.92. The summed E-state index contributed by atoms with van der Waals surface area (Å²) in [7, 11) is 0. The van der Waals surface area contributed by atoms with Gasteiger partial charge in [0.05, 0.1) is 20.8 Å². The summed E-state index contributed by atoms with van der Waals surface area (Å²) in [5.74, 6) is -2.84. The van der Waals surface area contributed by atoms with E-state index in [1.165, 1.54) is 48.5 Å². The Morgan fingerprint density at radius 1 is 1.12 bits per heavy atom. The summed E-state index contributed by atoms with van der Waals surface area (Å²) >= 11 is 1.04. The molecule has 2 heterocycles. The highest BCUT2D eigenvalue weighted by molar-refractivity contribution is 7.20. The van der Waals surface area contributed by atoms with Crippen molar-refractivity contribution in [3.05, 3.63) is 69.3 Å². The summed E-state index contributed by atoms with van der Waals surface area (Å²) in [6, 6.07) is 11.4. The van der Waals surface area contributed by atoms with Gasteiger partial charge in [0.25, 0.3) is 17.5 Å². The summed E-state index contributed by atoms with van der Waals surface area (Å²) in [4.78, 5) is 38.6. The summed E-state index contributed by atoms with van der Waals surface area (Å²) in [6.45, 7) is -0.728. The predicted octanol–water partition coefficient (Wildman–Crippen LogP) is 3.64. The molecule has 2 aromatic heterocycles. The van der Waals surface area contributed by atoms with E-state index in [9.17, 15) is 32.9 Å². The number of rotatable bonds is 4. The van der Waals surface area contributed by atoms with Crippen molar-refractivity contribution >= 4 is 50.0 Å². The zero-order valence-corrected chi connectivity index (χ0v) is 16.7. The second-order valence-electron chi connectivity index (χ2n) is 6.60. The average molecular weight is 463 g/mol. The van der Waals surface area contributed by atoms with Crippen LogP contribution in [0.2, 0.25) is 0 Å². The fraction of sp³-hybridized carbons (Fsp3) is 0.105. The first-order valence-electron chi connectivity index (χ1n) is 8.93. The highest BCUT2D eigenvalue weighted by Gasteiger charge is 2.38. The van der Waals surface area contributed by atoms with Gasteiger partial charge in [-0.1, -0.05) is 12.1 Å². The number of non-ortho nitro benzene ring substituents is 1. The molecule has 0 unspecified atom stereocenters. The van der Waals surface area contributed by atoms with Gasteiger partial charge in [-0.05, 0) is 24.3 Å². The number of amides is 2. The standard InChI is InChI=1S/C19H12F3N5O4S/c20-19(21,22)18-23-12-3-1-2-4-13(12)26(18)9-16(28)24-25-17(29)15-8-10-7-11(27(30)31)5-6-14(10)32-15/h1-8H,9H2,(H,24,28)(H,25,29). The van der Waals surface area contributed by atoms with Gasteiger partial charge in [-0.3, -0.25) is 30.6 Å². The average Bonchev–Trinajstić information content (AvgIpc) is 3.33. The van der Waals surface area contributed by atoms with Gasteiger partial charge in [0, 0.05) is 22.2 Å². The minimum atomic E-state index is -4.78. The maximum atomic E-state index is 13.3. The fourth-order valence-electron chi connectivity index (χ4n) is 3.08. The number of alkyl halides is 3. The van der Waals surface area contributed by atoms with Crippen molar-refractivity contribution in [1.29, 1.82) is 0 Å². The van der Waals surface area contributed by atoms with E-state index in [2.05, 4.69) is 15.8 Å². The van der Waals surface area contributed by atoms with E-state index in [0.717, 1.165) is 15.9 Å². The molecule has 0 saturated heterocycles. The lowest BCUT2D eigenvalue weighted by Crippen LogP contribution is -2.43. The number of aromatic nitrogens is 2. The van der Waals surface area contributed by atoms with Crippen LogP contribution in [0, 0.1) is 10.1 Å². The molecule has 0 fully saturated rings. The van der Waals surface area contributed by atoms with Crippen LogP contribution >= 0.6 is 11.3 Å². The van der Waals surface area contributed by atoms with Crippen molar-refractivity contribution in [2.24, 2.45) is 0 Å². The van der Waals surface area contributed by atoms with Crippen LogP contribution < -0.4 is 10.9 Å². The smallest absolute Gasteiger partial charge is 0.311 e. The zero-order valence-electron chi connectivity index (χ0n) is 15.8. The predicted molar refractivity (Wildman–Crippen MR) is 109 cm³/mol. The van der Waals surface area contributed by atoms with Crippen LogP contribution in [-0.4, -0.2) is 26.3 Å². The third-order valence-electron chi connectivity index (χ3n) is 4.46. The van der Waals surface area contributed by atoms with Crippen molar-refractivity contribution < 1.29 is 27.7 Å². The maximum Gasteiger partial charge on any atom is 0.449 e. The van der Waals surface area contributed by atoms with Gasteiger partial charge in [0.1, 0.15) is 6.54 Å². The van der Waals surface area contributed by atoms with Crippen molar-refractivity contribution in [1.82, 2.24) is 20.4 Å². The summed E-state index contributed by atoms with van der Waals surface area (Å²) in [5, 5.41) is 11.3. The van der Waals surface area contributed by atoms with E-state index in [1.54, 1.807) is 0 Å². The molecule has 2 aromatic carbocycles. The Balaban J connectivity index is 1.48. The lowest BCUT2D eigenvalue weighted by Gasteiger charge is -2.12. The maximum absolute atomic E-state index is 13.3. The first-order valence-corrected chi connectivity index (χ1v) is 9.75. The molecule has 0 aliphatic heterocycles. The van der Waals surface area contributed by atoms with Gasteiger partial charge in [0.15, 0.2) is 0 Å². The lowest BCUT2D eigenvalue weighted by molar-refractivity contribution is -0.384. The van der Waals surface area contributed by atoms with Gasteiger partial charge in [-0.2, -0.15) is 13.2 Å². The lowest BCUT2D eigenvalue weighted by atomic mass is 10.2. The number of thiophene rings is 1. The monoisotopic (exact) mass is 463 g/mol. The molecule has 0 aliphatic rings. The Kier molecular flexibility index (Phi) is 5.26. The number of nitrogens with one attached hydrogen (secondary N) is 2. The van der Waals surface area contributed by atoms with Gasteiger partial charge >= 0.3 is 6.18 Å². The minimum Gasteiger partial charge on any atom is -0.311 e. The summed E-state index contributed by atoms with van der Waals surface area (Å²) < 4.78 is 41.3. The van der Waals surface area contributed by atoms with Crippen LogP contribution in [0.3, 0.4) is 0 Å². The van der Waals surface area contributed by atoms with Crippen LogP contribution in [0.5, 0.6) is 0 Å². The van der Waals surface area contributed by atoms with E-state index in [-0.39, 0.29) is 21.6 Å². The molecule has 0 radical (unpaired) electrons. The van der Waals surface area contributed by atoms with Crippen LogP contribution in [0.25, 0.3) is 21.1 Å². The highest BCUT2D eigenvalue weighted by Crippen LogP contribution is 2.31. The number of halogens is 3. The first-order chi connectivity index (χ1) is 15.1. The molecule has 4 rings (SSSR count). The Morgan fingerprint density at radius 2 is 1.88 bits per heavy atom. The highest BCUT2D eigenvalue weighted by atomic mass is 32.1. The van der Waals surface area contributed by atoms with Crippen LogP contribution in [0.4, 0.5) is 18.9 Å². The fourth-order valence-corrected chi connectivity index (χ4v) is 4.02. The number of hydrogen-bond donors (Lipinski definition) is 2. The minimum absolute atomic E-state index is 0.0797. The van der Waals surface area contributed by atoms with E-state index in [0.29, 0.717) is 10.1 Å². The van der Waals surface area contributed by atoms with E-state index < -0.39 is 35.3 Å². The quantitative estimate of drug-likeness (QED) is 0.354. The molecule has 9 nitrogen and oxygen atoms in total. The van der Waals surface area contributed by atoms with E-state index in [4.69, 9.17) is 0 Å². The number of benzene rings is 2. The molecule has 0 atom stereocenters. The molecular formula is C19H12F3N5O4S. The number of fused-ring (bicyclic) bond motifs is 2. The largest absolute Gasteiger partial charge is 0.449 e. The number of nitrogens with zero attached hydrogens (tertiary/aromatic N) is 3. The molecule has 0 bridgehead atoms. The third kappa shape index (κ3) is 4.09. The topological polar surface area (TPSA) is 119 Å². The number of hydrazine groups is 1. The molecule has 164 valence electrons. The molecule has 0 saturated carbocycles. The number of nitro groups is 1. The van der Waals surface area contributed by atoms with E-state index in [1.807, 2.05) is 0 Å². The van der Waals surface area contributed by atoms with Crippen LogP contribution in [-0.2, 0) is 17.5 Å². The summed E-state index contributed by atoms with van der Waals surface area (Å²) in [6.07, 6.45) is -4.78. The molecule has 32 heavy (non-hydrogen) atoms. The number of para-hydroxylation sites is 2. The van der Waals surface area contributed by atoms with Crippen molar-refractivity contribution in [3.8, 4) is 0 Å². The van der Waals surface area contributed by atoms with Crippen LogP contribution in [0.15, 0.2) is 48.5 Å². The van der Waals surface area contributed by atoms with Crippen molar-refractivity contribution in [2.75, 3.05) is 0 Å². The number of nitro benzene ring substituents is 1. The second-order valence-corrected chi connectivity index (χ2v) is 7.68. The van der Waals surface area contributed by atoms with Crippen molar-refractivity contribution in [3.63, 3.8) is 0 Å². The van der Waals surface area contributed by atoms with E-state index >= 15 is 0 Å². The normalized spacial score (nSPS) is 11.6. The number of hydrogen-bond acceptors (Lipinski definition) is 6. The van der Waals surface area contributed by atoms with Crippen molar-refractivity contribution in [2.45, 2.75) is 12.7 Å². The number of imidazole rings is 1. The first kappa shape index (κ1) is 21.2. The molecule has 0 aliphatic carbocycles. The number of carbonyl (C=O) groups excluding carboxylic acids is 2. The molecular weight excluding hydrogens is 451 g/mol. The molecule has 2 amide bonds.